The van der Waals surface area contributed by atoms with Gasteiger partial charge in [-0.3, -0.25) is 0 Å². The molecule has 0 atom stereocenters. The van der Waals surface area contributed by atoms with Gasteiger partial charge in [-0.15, -0.1) is 0 Å². The fraction of sp³-hybridized carbons (Fsp3) is 0.200. The first kappa shape index (κ1) is 11.4. The molecule has 0 aromatic carbocycles. The first-order chi connectivity index (χ1) is 7.54. The van der Waals surface area contributed by atoms with E-state index in [-0.39, 0.29) is 6.54 Å². The minimum absolute atomic E-state index is 0.184. The summed E-state index contributed by atoms with van der Waals surface area (Å²) in [6, 6.07) is 5.56. The summed E-state index contributed by atoms with van der Waals surface area (Å²) >= 11 is 1.59. The van der Waals surface area contributed by atoms with Crippen molar-refractivity contribution in [1.29, 1.82) is 0 Å². The van der Waals surface area contributed by atoms with Gasteiger partial charge in [0, 0.05) is 10.9 Å². The number of furan rings is 1. The maximum Gasteiger partial charge on any atom is 0.209 e. The van der Waals surface area contributed by atoms with Gasteiger partial charge in [0.2, 0.25) is 10.0 Å². The fourth-order valence-corrected chi connectivity index (χ4v) is 2.28. The van der Waals surface area contributed by atoms with Crippen molar-refractivity contribution in [2.45, 2.75) is 6.54 Å². The van der Waals surface area contributed by atoms with E-state index in [9.17, 15) is 8.42 Å². The lowest BCUT2D eigenvalue weighted by Gasteiger charge is -1.98. The number of hydrogen-bond donors (Lipinski definition) is 1. The maximum absolute atomic E-state index is 10.9. The van der Waals surface area contributed by atoms with Crippen LogP contribution in [0.2, 0.25) is 0 Å². The van der Waals surface area contributed by atoms with Crippen molar-refractivity contribution >= 4 is 21.4 Å². The minimum Gasteiger partial charge on any atom is -0.460 e. The monoisotopic (exact) mass is 257 g/mol. The van der Waals surface area contributed by atoms with Gasteiger partial charge in [0.1, 0.15) is 11.5 Å². The third kappa shape index (κ3) is 2.94. The molecule has 0 radical (unpaired) electrons. The fourth-order valence-electron chi connectivity index (χ4n) is 1.23. The molecule has 6 heteroatoms. The van der Waals surface area contributed by atoms with Gasteiger partial charge in [-0.1, -0.05) is 0 Å². The van der Waals surface area contributed by atoms with Gasteiger partial charge in [0.05, 0.1) is 12.8 Å². The molecule has 0 bridgehead atoms. The molecule has 0 aliphatic rings. The highest BCUT2D eigenvalue weighted by molar-refractivity contribution is 7.88. The maximum atomic E-state index is 10.9. The van der Waals surface area contributed by atoms with E-state index >= 15 is 0 Å². The number of thiophene rings is 1. The zero-order chi connectivity index (χ0) is 11.6. The van der Waals surface area contributed by atoms with Gasteiger partial charge in [-0.05, 0) is 23.6 Å². The summed E-state index contributed by atoms with van der Waals surface area (Å²) in [7, 11) is -3.17. The summed E-state index contributed by atoms with van der Waals surface area (Å²) < 4.78 is 29.7. The molecule has 2 heterocycles. The van der Waals surface area contributed by atoms with Crippen LogP contribution in [0.4, 0.5) is 0 Å². The highest BCUT2D eigenvalue weighted by Gasteiger charge is 2.07. The van der Waals surface area contributed by atoms with Crippen LogP contribution in [0.25, 0.3) is 11.3 Å². The molecule has 1 N–H and O–H groups in total. The molecule has 0 amide bonds. The summed E-state index contributed by atoms with van der Waals surface area (Å²) in [5.74, 6) is 1.36. The zero-order valence-corrected chi connectivity index (χ0v) is 10.3. The first-order valence-electron chi connectivity index (χ1n) is 4.60. The molecule has 0 aliphatic heterocycles. The van der Waals surface area contributed by atoms with Gasteiger partial charge in [-0.2, -0.15) is 11.3 Å². The molecular formula is C10H11NO3S2. The summed E-state index contributed by atoms with van der Waals surface area (Å²) in [4.78, 5) is 0. The highest BCUT2D eigenvalue weighted by Crippen LogP contribution is 2.24. The van der Waals surface area contributed by atoms with E-state index in [0.29, 0.717) is 5.76 Å². The van der Waals surface area contributed by atoms with E-state index in [1.165, 1.54) is 0 Å². The van der Waals surface area contributed by atoms with Crippen LogP contribution in [0.5, 0.6) is 0 Å². The number of nitrogens with one attached hydrogen (secondary N) is 1. The number of hydrogen-bond acceptors (Lipinski definition) is 4. The van der Waals surface area contributed by atoms with Gasteiger partial charge < -0.3 is 4.42 Å². The summed E-state index contributed by atoms with van der Waals surface area (Å²) in [6.45, 7) is 0.184. The molecule has 16 heavy (non-hydrogen) atoms. The largest absolute Gasteiger partial charge is 0.460 e. The summed E-state index contributed by atoms with van der Waals surface area (Å²) in [6.07, 6.45) is 1.12. The second-order valence-electron chi connectivity index (χ2n) is 3.37. The molecule has 86 valence electrons. The van der Waals surface area contributed by atoms with Gasteiger partial charge in [0.25, 0.3) is 0 Å². The lowest BCUT2D eigenvalue weighted by Crippen LogP contribution is -2.20. The lowest BCUT2D eigenvalue weighted by atomic mass is 10.3. The van der Waals surface area contributed by atoms with Crippen molar-refractivity contribution < 1.29 is 12.8 Å². The predicted octanol–water partition coefficient (Wildman–Crippen LogP) is 2.06. The molecule has 2 rings (SSSR count). The average Bonchev–Trinajstić information content (AvgIpc) is 2.84. The Balaban J connectivity index is 2.09. The molecule has 0 aliphatic carbocycles. The molecule has 2 aromatic rings. The van der Waals surface area contributed by atoms with E-state index < -0.39 is 10.0 Å². The molecule has 0 fully saturated rings. The standard InChI is InChI=1S/C10H11NO3S2/c1-16(12,13)11-6-9-2-3-10(14-9)8-4-5-15-7-8/h2-5,7,11H,6H2,1H3. The zero-order valence-electron chi connectivity index (χ0n) is 8.64. The Hall–Kier alpha value is -1.11. The predicted molar refractivity (Wildman–Crippen MR) is 63.7 cm³/mol. The van der Waals surface area contributed by atoms with Gasteiger partial charge in [-0.25, -0.2) is 13.1 Å². The SMILES string of the molecule is CS(=O)(=O)NCc1ccc(-c2ccsc2)o1. The molecule has 2 aromatic heterocycles. The average molecular weight is 257 g/mol. The molecule has 0 saturated carbocycles. The van der Waals surface area contributed by atoms with Crippen molar-refractivity contribution in [3.63, 3.8) is 0 Å². The minimum atomic E-state index is -3.17. The Bertz CT molecular complexity index is 555. The smallest absolute Gasteiger partial charge is 0.209 e. The van der Waals surface area contributed by atoms with E-state index in [1.54, 1.807) is 17.4 Å². The van der Waals surface area contributed by atoms with Crippen LogP contribution < -0.4 is 4.72 Å². The van der Waals surface area contributed by atoms with Crippen LogP contribution in [-0.2, 0) is 16.6 Å². The van der Waals surface area contributed by atoms with Crippen LogP contribution in [0, 0.1) is 0 Å². The quantitative estimate of drug-likeness (QED) is 0.912. The third-order valence-electron chi connectivity index (χ3n) is 1.98. The summed E-state index contributed by atoms with van der Waals surface area (Å²) in [5.41, 5.74) is 1.01. The van der Waals surface area contributed by atoms with Crippen LogP contribution >= 0.6 is 11.3 Å². The molecule has 4 nitrogen and oxygen atoms in total. The highest BCUT2D eigenvalue weighted by atomic mass is 32.2. The Morgan fingerprint density at radius 3 is 2.81 bits per heavy atom. The van der Waals surface area contributed by atoms with Crippen molar-refractivity contribution in [2.24, 2.45) is 0 Å². The number of sulfonamides is 1. The van der Waals surface area contributed by atoms with E-state index in [1.807, 2.05) is 22.9 Å². The van der Waals surface area contributed by atoms with Gasteiger partial charge in [0.15, 0.2) is 0 Å². The molecule has 0 spiro atoms. The van der Waals surface area contributed by atoms with Crippen LogP contribution in [-0.4, -0.2) is 14.7 Å². The summed E-state index contributed by atoms with van der Waals surface area (Å²) in [5, 5.41) is 3.94. The van der Waals surface area contributed by atoms with Gasteiger partial charge >= 0.3 is 0 Å². The first-order valence-corrected chi connectivity index (χ1v) is 7.44. The number of rotatable bonds is 4. The molecular weight excluding hydrogens is 246 g/mol. The van der Waals surface area contributed by atoms with Crippen molar-refractivity contribution in [3.05, 3.63) is 34.7 Å². The topological polar surface area (TPSA) is 59.3 Å². The Morgan fingerprint density at radius 1 is 1.38 bits per heavy atom. The van der Waals surface area contributed by atoms with Crippen molar-refractivity contribution in [2.75, 3.05) is 6.26 Å². The molecule has 0 saturated heterocycles. The van der Waals surface area contributed by atoms with E-state index in [0.717, 1.165) is 17.6 Å². The van der Waals surface area contributed by atoms with Crippen LogP contribution in [0.15, 0.2) is 33.4 Å². The normalized spacial score (nSPS) is 11.8. The molecule has 0 unspecified atom stereocenters. The second-order valence-corrected chi connectivity index (χ2v) is 5.98. The third-order valence-corrected chi connectivity index (χ3v) is 3.33. The van der Waals surface area contributed by atoms with Crippen LogP contribution in [0.1, 0.15) is 5.76 Å². The Kier molecular flexibility index (Phi) is 3.13. The van der Waals surface area contributed by atoms with Crippen molar-refractivity contribution in [3.8, 4) is 11.3 Å². The van der Waals surface area contributed by atoms with Crippen LogP contribution in [0.3, 0.4) is 0 Å². The van der Waals surface area contributed by atoms with E-state index in [2.05, 4.69) is 4.72 Å². The Morgan fingerprint density at radius 2 is 2.19 bits per heavy atom. The Labute approximate surface area is 98.0 Å². The van der Waals surface area contributed by atoms with E-state index in [4.69, 9.17) is 4.42 Å². The van der Waals surface area contributed by atoms with Crippen molar-refractivity contribution in [1.82, 2.24) is 4.72 Å². The second kappa shape index (κ2) is 4.40. The lowest BCUT2D eigenvalue weighted by molar-refractivity contribution is 0.511.